The molecule has 1 N–H and O–H groups in total. The molecule has 5 nitrogen and oxygen atoms in total. The van der Waals surface area contributed by atoms with Crippen LogP contribution in [0.25, 0.3) is 0 Å². The van der Waals surface area contributed by atoms with E-state index < -0.39 is 0 Å². The third-order valence-corrected chi connectivity index (χ3v) is 4.35. The Balaban J connectivity index is 1.61. The number of urea groups is 1. The highest BCUT2D eigenvalue weighted by Crippen LogP contribution is 2.41. The summed E-state index contributed by atoms with van der Waals surface area (Å²) in [5.41, 5.74) is 5.12. The molecule has 1 aliphatic carbocycles. The first kappa shape index (κ1) is 12.8. The summed E-state index contributed by atoms with van der Waals surface area (Å²) < 4.78 is 0. The third-order valence-electron chi connectivity index (χ3n) is 4.35. The van der Waals surface area contributed by atoms with Gasteiger partial charge in [0.2, 0.25) is 0 Å². The van der Waals surface area contributed by atoms with E-state index in [-0.39, 0.29) is 11.9 Å². The van der Waals surface area contributed by atoms with Crippen LogP contribution in [0, 0.1) is 11.3 Å². The molecule has 2 aromatic rings. The van der Waals surface area contributed by atoms with Gasteiger partial charge in [-0.1, -0.05) is 6.07 Å². The van der Waals surface area contributed by atoms with Gasteiger partial charge < -0.3 is 5.32 Å². The fourth-order valence-corrected chi connectivity index (χ4v) is 3.16. The standard InChI is InChI=1S/C17H14N4O/c18-9-13-7-12-6-11-3-5-21(16(11)8-15(12)13)17(22)20-14-2-1-4-19-10-14/h1-2,4,6,8,10,13H,3,5,7H2,(H,20,22). The molecule has 0 radical (unpaired) electrons. The number of carbonyl (C=O) groups is 1. The molecule has 1 aromatic heterocycles. The molecule has 2 heterocycles. The summed E-state index contributed by atoms with van der Waals surface area (Å²) in [6.45, 7) is 0.668. The molecule has 0 saturated heterocycles. The summed E-state index contributed by atoms with van der Waals surface area (Å²) in [4.78, 5) is 18.2. The van der Waals surface area contributed by atoms with E-state index in [2.05, 4.69) is 22.4 Å². The fraction of sp³-hybridized carbons (Fsp3) is 0.235. The number of pyridine rings is 1. The number of hydrogen-bond donors (Lipinski definition) is 1. The lowest BCUT2D eigenvalue weighted by molar-refractivity contribution is 0.257. The smallest absolute Gasteiger partial charge is 0.306 e. The van der Waals surface area contributed by atoms with E-state index in [9.17, 15) is 4.79 Å². The number of aromatic nitrogens is 1. The highest BCUT2D eigenvalue weighted by atomic mass is 16.2. The molecule has 2 amide bonds. The summed E-state index contributed by atoms with van der Waals surface area (Å²) in [5, 5.41) is 12.0. The van der Waals surface area contributed by atoms with Crippen LogP contribution in [0.15, 0.2) is 36.7 Å². The molecule has 1 unspecified atom stereocenters. The van der Waals surface area contributed by atoms with Crippen LogP contribution < -0.4 is 10.2 Å². The Morgan fingerprint density at radius 2 is 2.32 bits per heavy atom. The molecule has 4 rings (SSSR count). The van der Waals surface area contributed by atoms with E-state index in [1.807, 2.05) is 12.1 Å². The van der Waals surface area contributed by atoms with E-state index in [1.165, 1.54) is 11.1 Å². The van der Waals surface area contributed by atoms with Gasteiger partial charge in [-0.15, -0.1) is 0 Å². The van der Waals surface area contributed by atoms with Gasteiger partial charge in [-0.2, -0.15) is 5.26 Å². The summed E-state index contributed by atoms with van der Waals surface area (Å²) in [6.07, 6.45) is 4.99. The Labute approximate surface area is 128 Å². The van der Waals surface area contributed by atoms with Crippen molar-refractivity contribution < 1.29 is 4.79 Å². The topological polar surface area (TPSA) is 69.0 Å². The highest BCUT2D eigenvalue weighted by Gasteiger charge is 2.32. The second-order valence-electron chi connectivity index (χ2n) is 5.64. The van der Waals surface area contributed by atoms with Crippen molar-refractivity contribution in [2.75, 3.05) is 16.8 Å². The maximum Gasteiger partial charge on any atom is 0.326 e. The minimum absolute atomic E-state index is 0.0239. The van der Waals surface area contributed by atoms with Crippen molar-refractivity contribution in [3.8, 4) is 6.07 Å². The number of anilines is 2. The number of nitrogens with one attached hydrogen (secondary N) is 1. The number of amides is 2. The van der Waals surface area contributed by atoms with Crippen molar-refractivity contribution in [2.24, 2.45) is 0 Å². The average molecular weight is 290 g/mol. The molecule has 22 heavy (non-hydrogen) atoms. The lowest BCUT2D eigenvalue weighted by Crippen LogP contribution is -2.33. The lowest BCUT2D eigenvalue weighted by atomic mass is 9.77. The van der Waals surface area contributed by atoms with Gasteiger partial charge in [-0.25, -0.2) is 4.79 Å². The normalized spacial score (nSPS) is 18.0. The number of rotatable bonds is 1. The van der Waals surface area contributed by atoms with Gasteiger partial charge in [0.15, 0.2) is 0 Å². The molecule has 1 atom stereocenters. The second-order valence-corrected chi connectivity index (χ2v) is 5.64. The van der Waals surface area contributed by atoms with Crippen molar-refractivity contribution in [3.05, 3.63) is 53.3 Å². The minimum atomic E-state index is -0.153. The molecule has 108 valence electrons. The van der Waals surface area contributed by atoms with Crippen molar-refractivity contribution in [2.45, 2.75) is 18.8 Å². The van der Waals surface area contributed by atoms with Gasteiger partial charge >= 0.3 is 6.03 Å². The molecular weight excluding hydrogens is 276 g/mol. The van der Waals surface area contributed by atoms with Crippen LogP contribution in [0.1, 0.15) is 22.6 Å². The number of nitrogens with zero attached hydrogens (tertiary/aromatic N) is 3. The second kappa shape index (κ2) is 4.85. The van der Waals surface area contributed by atoms with Crippen LogP contribution in [-0.2, 0) is 12.8 Å². The summed E-state index contributed by atoms with van der Waals surface area (Å²) in [5.74, 6) is -0.0239. The monoisotopic (exact) mass is 290 g/mol. The zero-order chi connectivity index (χ0) is 15.1. The van der Waals surface area contributed by atoms with Gasteiger partial charge in [0.1, 0.15) is 0 Å². The molecule has 0 fully saturated rings. The molecule has 1 aromatic carbocycles. The van der Waals surface area contributed by atoms with Gasteiger partial charge in [0.05, 0.1) is 23.9 Å². The van der Waals surface area contributed by atoms with Crippen LogP contribution in [0.2, 0.25) is 0 Å². The number of hydrogen-bond acceptors (Lipinski definition) is 3. The van der Waals surface area contributed by atoms with Crippen molar-refractivity contribution >= 4 is 17.4 Å². The van der Waals surface area contributed by atoms with E-state index in [0.29, 0.717) is 12.2 Å². The fourth-order valence-electron chi connectivity index (χ4n) is 3.16. The first-order chi connectivity index (χ1) is 10.8. The van der Waals surface area contributed by atoms with E-state index >= 15 is 0 Å². The van der Waals surface area contributed by atoms with Crippen LogP contribution in [0.4, 0.5) is 16.2 Å². The lowest BCUT2D eigenvalue weighted by Gasteiger charge is -2.27. The molecule has 5 heteroatoms. The summed E-state index contributed by atoms with van der Waals surface area (Å²) in [6, 6.07) is 9.91. The Hall–Kier alpha value is -2.87. The Kier molecular flexibility index (Phi) is 2.83. The predicted octanol–water partition coefficient (Wildman–Crippen LogP) is 2.84. The third kappa shape index (κ3) is 1.92. The minimum Gasteiger partial charge on any atom is -0.306 e. The maximum atomic E-state index is 12.5. The molecule has 1 aliphatic heterocycles. The summed E-state index contributed by atoms with van der Waals surface area (Å²) >= 11 is 0. The van der Waals surface area contributed by atoms with E-state index in [4.69, 9.17) is 5.26 Å². The van der Waals surface area contributed by atoms with Crippen molar-refractivity contribution in [3.63, 3.8) is 0 Å². The number of nitriles is 1. The number of benzene rings is 1. The first-order valence-electron chi connectivity index (χ1n) is 7.30. The van der Waals surface area contributed by atoms with E-state index in [1.54, 1.807) is 23.4 Å². The number of carbonyl (C=O) groups excluding carboxylic acids is 1. The first-order valence-corrected chi connectivity index (χ1v) is 7.30. The maximum absolute atomic E-state index is 12.5. The van der Waals surface area contributed by atoms with Crippen LogP contribution in [0.5, 0.6) is 0 Å². The Bertz CT molecular complexity index is 794. The van der Waals surface area contributed by atoms with Gasteiger partial charge in [0, 0.05) is 18.4 Å². The zero-order valence-electron chi connectivity index (χ0n) is 11.9. The van der Waals surface area contributed by atoms with Gasteiger partial charge in [-0.05, 0) is 47.7 Å². The SMILES string of the molecule is N#CC1Cc2cc3c(cc21)N(C(=O)Nc1cccnc1)CC3. The molecular formula is C17H14N4O. The summed E-state index contributed by atoms with van der Waals surface area (Å²) in [7, 11) is 0. The van der Waals surface area contributed by atoms with Crippen molar-refractivity contribution in [1.82, 2.24) is 4.98 Å². The quantitative estimate of drug-likeness (QED) is 0.878. The molecule has 0 spiro atoms. The number of fused-ring (bicyclic) bond motifs is 2. The largest absolute Gasteiger partial charge is 0.326 e. The average Bonchev–Trinajstić information content (AvgIpc) is 2.93. The van der Waals surface area contributed by atoms with E-state index in [0.717, 1.165) is 24.1 Å². The van der Waals surface area contributed by atoms with Crippen LogP contribution >= 0.6 is 0 Å². The Morgan fingerprint density at radius 1 is 1.41 bits per heavy atom. The molecule has 0 bridgehead atoms. The van der Waals surface area contributed by atoms with Crippen LogP contribution in [0.3, 0.4) is 0 Å². The predicted molar refractivity (Wildman–Crippen MR) is 82.8 cm³/mol. The molecule has 2 aliphatic rings. The van der Waals surface area contributed by atoms with Gasteiger partial charge in [-0.3, -0.25) is 9.88 Å². The van der Waals surface area contributed by atoms with Gasteiger partial charge in [0.25, 0.3) is 0 Å². The molecule has 0 saturated carbocycles. The highest BCUT2D eigenvalue weighted by molar-refractivity contribution is 6.03. The van der Waals surface area contributed by atoms with Crippen LogP contribution in [-0.4, -0.2) is 17.6 Å². The zero-order valence-corrected chi connectivity index (χ0v) is 11.9. The Morgan fingerprint density at radius 3 is 3.09 bits per heavy atom. The van der Waals surface area contributed by atoms with Crippen molar-refractivity contribution in [1.29, 1.82) is 5.26 Å².